The summed E-state index contributed by atoms with van der Waals surface area (Å²) in [6, 6.07) is -0.542. The third kappa shape index (κ3) is 2.63. The molecule has 1 saturated heterocycles. The molecule has 0 radical (unpaired) electrons. The first-order valence-electron chi connectivity index (χ1n) is 4.85. The minimum atomic E-state index is -0.542. The average molecular weight is 211 g/mol. The summed E-state index contributed by atoms with van der Waals surface area (Å²) in [4.78, 5) is 26.8. The highest BCUT2D eigenvalue weighted by molar-refractivity contribution is 6.28. The Morgan fingerprint density at radius 1 is 1.67 bits per heavy atom. The maximum Gasteiger partial charge on any atom is 0.410 e. The van der Waals surface area contributed by atoms with E-state index in [2.05, 4.69) is 4.79 Å². The molecule has 0 spiro atoms. The van der Waals surface area contributed by atoms with Crippen LogP contribution in [0.2, 0.25) is 0 Å². The monoisotopic (exact) mass is 211 g/mol. The number of ketones is 1. The summed E-state index contributed by atoms with van der Waals surface area (Å²) < 4.78 is 4.81. The first-order chi connectivity index (χ1) is 7.20. The molecule has 15 heavy (non-hydrogen) atoms. The van der Waals surface area contributed by atoms with Gasteiger partial charge in [0.25, 0.3) is 5.78 Å². The second-order valence-corrected chi connectivity index (χ2v) is 3.20. The zero-order valence-electron chi connectivity index (χ0n) is 8.55. The minimum absolute atomic E-state index is 0.282. The quantitative estimate of drug-likeness (QED) is 0.386. The van der Waals surface area contributed by atoms with Crippen LogP contribution in [-0.2, 0) is 9.53 Å². The summed E-state index contributed by atoms with van der Waals surface area (Å²) in [5.74, 6) is -0.372. The second-order valence-electron chi connectivity index (χ2n) is 3.20. The van der Waals surface area contributed by atoms with Crippen molar-refractivity contribution in [1.29, 1.82) is 0 Å². The number of hydrogen-bond acceptors (Lipinski definition) is 3. The molecule has 0 N–H and O–H groups in total. The van der Waals surface area contributed by atoms with E-state index in [0.29, 0.717) is 13.0 Å². The van der Waals surface area contributed by atoms with Crippen molar-refractivity contribution in [3.63, 3.8) is 0 Å². The molecule has 1 atom stereocenters. The molecule has 1 unspecified atom stereocenters. The van der Waals surface area contributed by atoms with E-state index in [9.17, 15) is 9.59 Å². The predicted molar refractivity (Wildman–Crippen MR) is 51.4 cm³/mol. The molecular formula is C9H13N3O3. The molecule has 1 aliphatic heterocycles. The minimum Gasteiger partial charge on any atom is -0.450 e. The van der Waals surface area contributed by atoms with Gasteiger partial charge in [0.05, 0.1) is 6.61 Å². The maximum atomic E-state index is 11.4. The Bertz CT molecular complexity index is 310. The van der Waals surface area contributed by atoms with Crippen molar-refractivity contribution in [3.8, 4) is 0 Å². The van der Waals surface area contributed by atoms with Crippen molar-refractivity contribution in [2.75, 3.05) is 13.2 Å². The summed E-state index contributed by atoms with van der Waals surface area (Å²) in [6.07, 6.45) is 1.68. The average Bonchev–Trinajstić information content (AvgIpc) is 2.66. The maximum absolute atomic E-state index is 11.4. The Labute approximate surface area is 87.4 Å². The Balaban J connectivity index is 2.68. The van der Waals surface area contributed by atoms with Crippen molar-refractivity contribution in [1.82, 2.24) is 4.90 Å². The molecule has 1 aliphatic rings. The lowest BCUT2D eigenvalue weighted by Crippen LogP contribution is -2.41. The number of rotatable bonds is 3. The van der Waals surface area contributed by atoms with Crippen LogP contribution in [-0.4, -0.2) is 47.0 Å². The number of carbonyl (C=O) groups excluding carboxylic acids is 2. The van der Waals surface area contributed by atoms with Crippen LogP contribution in [0.15, 0.2) is 0 Å². The van der Waals surface area contributed by atoms with E-state index in [1.54, 1.807) is 6.92 Å². The third-order valence-electron chi connectivity index (χ3n) is 2.27. The SMILES string of the molecule is CCOC(=O)N1CCCC1C(=O)C=[N+]=[N-]. The van der Waals surface area contributed by atoms with Gasteiger partial charge in [0.1, 0.15) is 6.04 Å². The lowest BCUT2D eigenvalue weighted by molar-refractivity contribution is -0.119. The zero-order valence-corrected chi connectivity index (χ0v) is 8.55. The molecule has 0 bridgehead atoms. The molecule has 1 fully saturated rings. The molecule has 0 saturated carbocycles. The van der Waals surface area contributed by atoms with Gasteiger partial charge in [0, 0.05) is 6.54 Å². The highest BCUT2D eigenvalue weighted by atomic mass is 16.6. The summed E-state index contributed by atoms with van der Waals surface area (Å²) in [7, 11) is 0. The van der Waals surface area contributed by atoms with Crippen LogP contribution in [0.5, 0.6) is 0 Å². The van der Waals surface area contributed by atoms with E-state index in [0.717, 1.165) is 12.6 Å². The van der Waals surface area contributed by atoms with Crippen LogP contribution in [0.1, 0.15) is 19.8 Å². The molecule has 0 aromatic heterocycles. The van der Waals surface area contributed by atoms with E-state index in [4.69, 9.17) is 10.3 Å². The first kappa shape index (κ1) is 11.4. The van der Waals surface area contributed by atoms with Crippen molar-refractivity contribution >= 4 is 18.1 Å². The normalized spacial score (nSPS) is 19.5. The van der Waals surface area contributed by atoms with Crippen LogP contribution >= 0.6 is 0 Å². The number of carbonyl (C=O) groups is 2. The molecule has 6 nitrogen and oxygen atoms in total. The van der Waals surface area contributed by atoms with Gasteiger partial charge in [0.15, 0.2) is 0 Å². The number of Topliss-reactive ketones (excluding diaryl/α,β-unsaturated/α-hetero) is 1. The van der Waals surface area contributed by atoms with Crippen LogP contribution in [0.4, 0.5) is 4.79 Å². The largest absolute Gasteiger partial charge is 0.450 e. The number of hydrogen-bond donors (Lipinski definition) is 0. The van der Waals surface area contributed by atoms with Crippen molar-refractivity contribution < 1.29 is 19.1 Å². The van der Waals surface area contributed by atoms with E-state index in [1.807, 2.05) is 0 Å². The Hall–Kier alpha value is -1.68. The van der Waals surface area contributed by atoms with Gasteiger partial charge in [-0.05, 0) is 19.8 Å². The van der Waals surface area contributed by atoms with Crippen LogP contribution in [0, 0.1) is 0 Å². The molecule has 1 amide bonds. The Morgan fingerprint density at radius 2 is 2.40 bits per heavy atom. The highest BCUT2D eigenvalue weighted by Gasteiger charge is 2.35. The van der Waals surface area contributed by atoms with Crippen LogP contribution < -0.4 is 0 Å². The summed E-state index contributed by atoms with van der Waals surface area (Å²) in [5.41, 5.74) is 8.24. The number of nitrogens with zero attached hydrogens (tertiary/aromatic N) is 3. The molecule has 6 heteroatoms. The number of ether oxygens (including phenoxy) is 1. The second kappa shape index (κ2) is 5.26. The van der Waals surface area contributed by atoms with Crippen molar-refractivity contribution in [3.05, 3.63) is 5.53 Å². The van der Waals surface area contributed by atoms with Gasteiger partial charge in [-0.25, -0.2) is 4.79 Å². The summed E-state index contributed by atoms with van der Waals surface area (Å²) in [5, 5.41) is 0. The van der Waals surface area contributed by atoms with Gasteiger partial charge in [-0.2, -0.15) is 4.79 Å². The van der Waals surface area contributed by atoms with Gasteiger partial charge in [-0.15, -0.1) is 0 Å². The molecule has 82 valence electrons. The molecule has 0 aromatic carbocycles. The highest BCUT2D eigenvalue weighted by Crippen LogP contribution is 2.18. The molecular weight excluding hydrogens is 198 g/mol. The molecule has 0 aliphatic carbocycles. The smallest absolute Gasteiger partial charge is 0.410 e. The summed E-state index contributed by atoms with van der Waals surface area (Å²) in [6.45, 7) is 2.50. The number of likely N-dealkylation sites (tertiary alicyclic amines) is 1. The van der Waals surface area contributed by atoms with E-state index in [-0.39, 0.29) is 12.4 Å². The van der Waals surface area contributed by atoms with E-state index < -0.39 is 12.1 Å². The lowest BCUT2D eigenvalue weighted by Gasteiger charge is -2.20. The van der Waals surface area contributed by atoms with Gasteiger partial charge in [-0.3, -0.25) is 9.69 Å². The van der Waals surface area contributed by atoms with Gasteiger partial charge in [0.2, 0.25) is 0 Å². The molecule has 0 aromatic rings. The van der Waals surface area contributed by atoms with Crippen LogP contribution in [0.3, 0.4) is 0 Å². The number of amides is 1. The fourth-order valence-corrected chi connectivity index (χ4v) is 1.63. The lowest BCUT2D eigenvalue weighted by atomic mass is 10.1. The van der Waals surface area contributed by atoms with Gasteiger partial charge >= 0.3 is 12.3 Å². The standard InChI is InChI=1S/C9H13N3O3/c1-2-15-9(14)12-5-3-4-7(12)8(13)6-11-10/h6-7H,2-5H2,1H3. The molecule has 1 heterocycles. The third-order valence-corrected chi connectivity index (χ3v) is 2.27. The van der Waals surface area contributed by atoms with Gasteiger partial charge in [-0.1, -0.05) is 0 Å². The van der Waals surface area contributed by atoms with E-state index >= 15 is 0 Å². The van der Waals surface area contributed by atoms with Crippen molar-refractivity contribution in [2.45, 2.75) is 25.8 Å². The zero-order chi connectivity index (χ0) is 11.3. The fourth-order valence-electron chi connectivity index (χ4n) is 1.63. The van der Waals surface area contributed by atoms with Gasteiger partial charge < -0.3 is 10.3 Å². The topological polar surface area (TPSA) is 83.0 Å². The Morgan fingerprint density at radius 3 is 3.00 bits per heavy atom. The fraction of sp³-hybridized carbons (Fsp3) is 0.667. The first-order valence-corrected chi connectivity index (χ1v) is 4.85. The Kier molecular flexibility index (Phi) is 4.00. The van der Waals surface area contributed by atoms with Crippen LogP contribution in [0.25, 0.3) is 5.53 Å². The predicted octanol–water partition coefficient (Wildman–Crippen LogP) is 0.477. The molecule has 1 rings (SSSR count). The summed E-state index contributed by atoms with van der Waals surface area (Å²) >= 11 is 0. The van der Waals surface area contributed by atoms with Crippen molar-refractivity contribution in [2.24, 2.45) is 0 Å². The van der Waals surface area contributed by atoms with E-state index in [1.165, 1.54) is 4.90 Å².